The maximum Gasteiger partial charge on any atom is -0.00882 e. The number of fused-ring (bicyclic) bond motifs is 5. The second kappa shape index (κ2) is 5.47. The molecule has 14 aliphatic carbocycles. The summed E-state index contributed by atoms with van der Waals surface area (Å²) in [4.78, 5) is 0. The number of hydrogen-bond donors (Lipinski definition) is 0. The van der Waals surface area contributed by atoms with Crippen LogP contribution in [-0.2, 0) is 0 Å². The third kappa shape index (κ3) is 1.55. The van der Waals surface area contributed by atoms with Crippen LogP contribution in [0.4, 0.5) is 0 Å². The molecule has 11 fully saturated rings. The summed E-state index contributed by atoms with van der Waals surface area (Å²) in [7, 11) is 0. The van der Waals surface area contributed by atoms with Gasteiger partial charge in [-0.2, -0.15) is 0 Å². The van der Waals surface area contributed by atoms with Gasteiger partial charge in [0.2, 0.25) is 0 Å². The fourth-order valence-corrected chi connectivity index (χ4v) is 21.2. The average Bonchev–Trinajstić information content (AvgIpc) is 3.53. The van der Waals surface area contributed by atoms with E-state index in [1.54, 1.807) is 57.8 Å². The van der Waals surface area contributed by atoms with Crippen LogP contribution in [0.5, 0.6) is 0 Å². The van der Waals surface area contributed by atoms with E-state index in [0.29, 0.717) is 5.41 Å². The van der Waals surface area contributed by atoms with Crippen molar-refractivity contribution in [2.45, 2.75) is 78.6 Å². The molecule has 0 saturated heterocycles. The van der Waals surface area contributed by atoms with Crippen LogP contribution in [0.15, 0.2) is 22.3 Å². The molecule has 11 saturated carbocycles. The molecular formula is C39H48. The van der Waals surface area contributed by atoms with Crippen molar-refractivity contribution in [1.29, 1.82) is 0 Å². The van der Waals surface area contributed by atoms with Crippen LogP contribution in [0.25, 0.3) is 0 Å². The molecule has 0 radical (unpaired) electrons. The Bertz CT molecular complexity index is 1410. The minimum Gasteiger partial charge on any atom is -0.0622 e. The predicted molar refractivity (Wildman–Crippen MR) is 151 cm³/mol. The molecule has 1 spiro atoms. The van der Waals surface area contributed by atoms with Gasteiger partial charge in [0.15, 0.2) is 0 Å². The fourth-order valence-electron chi connectivity index (χ4n) is 21.2. The Morgan fingerprint density at radius 3 is 2.41 bits per heavy atom. The van der Waals surface area contributed by atoms with Crippen molar-refractivity contribution < 1.29 is 0 Å². The third-order valence-corrected chi connectivity index (χ3v) is 20.9. The van der Waals surface area contributed by atoms with Gasteiger partial charge in [-0.1, -0.05) is 25.0 Å². The minimum absolute atomic E-state index is 0.688. The lowest BCUT2D eigenvalue weighted by atomic mass is 9.28. The van der Waals surface area contributed by atoms with Crippen LogP contribution >= 0.6 is 0 Å². The quantitative estimate of drug-likeness (QED) is 0.304. The van der Waals surface area contributed by atoms with Crippen molar-refractivity contribution in [2.24, 2.45) is 135 Å². The number of allylic oxidation sites excluding steroid dienone is 4. The van der Waals surface area contributed by atoms with E-state index >= 15 is 0 Å². The van der Waals surface area contributed by atoms with Crippen molar-refractivity contribution in [3.05, 3.63) is 22.3 Å². The van der Waals surface area contributed by atoms with E-state index in [1.807, 2.05) is 5.57 Å². The highest BCUT2D eigenvalue weighted by Crippen LogP contribution is 2.91. The molecule has 14 aliphatic rings. The molecule has 23 atom stereocenters. The molecule has 0 heterocycles. The van der Waals surface area contributed by atoms with Crippen molar-refractivity contribution in [1.82, 2.24) is 0 Å². The normalized spacial score (nSPS) is 77.5. The first kappa shape index (κ1) is 20.4. The molecule has 0 aliphatic heterocycles. The van der Waals surface area contributed by atoms with E-state index in [-0.39, 0.29) is 0 Å². The summed E-state index contributed by atoms with van der Waals surface area (Å²) in [5.41, 5.74) is 9.72. The van der Waals surface area contributed by atoms with Crippen LogP contribution in [0, 0.1) is 135 Å². The first-order valence-electron chi connectivity index (χ1n) is 18.5. The molecule has 15 bridgehead atoms. The molecule has 39 heavy (non-hydrogen) atoms. The summed E-state index contributed by atoms with van der Waals surface area (Å²) in [6, 6.07) is 0. The van der Waals surface area contributed by atoms with Crippen LogP contribution in [-0.4, -0.2) is 0 Å². The van der Waals surface area contributed by atoms with Gasteiger partial charge in [-0.25, -0.2) is 0 Å². The average molecular weight is 517 g/mol. The number of rotatable bonds is 0. The largest absolute Gasteiger partial charge is 0.0622 e. The van der Waals surface area contributed by atoms with Crippen molar-refractivity contribution in [3.63, 3.8) is 0 Å². The molecular weight excluding hydrogens is 468 g/mol. The van der Waals surface area contributed by atoms with E-state index < -0.39 is 0 Å². The summed E-state index contributed by atoms with van der Waals surface area (Å²) in [5, 5.41) is 0. The summed E-state index contributed by atoms with van der Waals surface area (Å²) in [5.74, 6) is 23.8. The second-order valence-electron chi connectivity index (χ2n) is 19.7. The highest BCUT2D eigenvalue weighted by molar-refractivity contribution is 5.56. The van der Waals surface area contributed by atoms with E-state index in [2.05, 4.69) is 37.5 Å². The SMILES string of the molecule is CC1=C2C3CC4C5C6CCC7C6C6C5CCC5(C3C)C2C(C2C3C8CC(=C18)C1CCC8C2C3CC18C)C5C4C76. The smallest absolute Gasteiger partial charge is 0.00882 e. The summed E-state index contributed by atoms with van der Waals surface area (Å²) < 4.78 is 0. The molecule has 14 rings (SSSR count). The molecule has 204 valence electrons. The standard InChI is InChI=1S/C39H48/c1-13-25-19-11-20(25)29-22-12-38(3)23(19)6-7-24(38)30(22)34(29)35-36-26(13)18-10-21-27-15-4-5-16-28(15)31-17(27)8-9-39(36,14(18)2)37(35)33(21)32(16)31/h14-18,20-24,27-37H,4-12H2,1-3H3. The van der Waals surface area contributed by atoms with E-state index in [0.717, 1.165) is 82.3 Å². The fraction of sp³-hybridized carbons (Fsp3) is 0.897. The Morgan fingerprint density at radius 1 is 0.692 bits per heavy atom. The molecule has 23 unspecified atom stereocenters. The zero-order chi connectivity index (χ0) is 24.8. The summed E-state index contributed by atoms with van der Waals surface area (Å²) >= 11 is 0. The molecule has 0 N–H and O–H groups in total. The van der Waals surface area contributed by atoms with Gasteiger partial charge in [0, 0.05) is 0 Å². The first-order chi connectivity index (χ1) is 19.1. The Hall–Kier alpha value is -0.520. The Balaban J connectivity index is 1.08. The van der Waals surface area contributed by atoms with Gasteiger partial charge < -0.3 is 0 Å². The lowest BCUT2D eigenvalue weighted by Gasteiger charge is -2.76. The maximum absolute atomic E-state index is 2.87. The van der Waals surface area contributed by atoms with Gasteiger partial charge >= 0.3 is 0 Å². The minimum atomic E-state index is 0.688. The van der Waals surface area contributed by atoms with Crippen molar-refractivity contribution in [2.75, 3.05) is 0 Å². The van der Waals surface area contributed by atoms with Crippen LogP contribution in [0.1, 0.15) is 78.6 Å². The van der Waals surface area contributed by atoms with E-state index in [1.165, 1.54) is 47.3 Å². The molecule has 0 amide bonds. The van der Waals surface area contributed by atoms with E-state index in [9.17, 15) is 0 Å². The van der Waals surface area contributed by atoms with Gasteiger partial charge in [-0.3, -0.25) is 0 Å². The third-order valence-electron chi connectivity index (χ3n) is 20.9. The zero-order valence-electron chi connectivity index (χ0n) is 24.5. The van der Waals surface area contributed by atoms with Gasteiger partial charge in [-0.15, -0.1) is 0 Å². The van der Waals surface area contributed by atoms with Crippen LogP contribution in [0.3, 0.4) is 0 Å². The van der Waals surface area contributed by atoms with Gasteiger partial charge in [0.25, 0.3) is 0 Å². The Kier molecular flexibility index (Phi) is 2.86. The van der Waals surface area contributed by atoms with Crippen LogP contribution in [0.2, 0.25) is 0 Å². The highest BCUT2D eigenvalue weighted by atomic mass is 14.9. The monoisotopic (exact) mass is 516 g/mol. The van der Waals surface area contributed by atoms with Gasteiger partial charge in [-0.05, 0) is 211 Å². The molecule has 0 nitrogen and oxygen atoms in total. The first-order valence-corrected chi connectivity index (χ1v) is 18.5. The summed E-state index contributed by atoms with van der Waals surface area (Å²) in [6.45, 7) is 8.47. The zero-order valence-corrected chi connectivity index (χ0v) is 24.5. The summed E-state index contributed by atoms with van der Waals surface area (Å²) in [6.07, 6.45) is 14.7. The Morgan fingerprint density at radius 2 is 1.51 bits per heavy atom. The van der Waals surface area contributed by atoms with E-state index in [4.69, 9.17) is 0 Å². The second-order valence-corrected chi connectivity index (χ2v) is 19.7. The van der Waals surface area contributed by atoms with Crippen molar-refractivity contribution >= 4 is 0 Å². The Labute approximate surface area is 235 Å². The topological polar surface area (TPSA) is 0 Å². The number of hydrogen-bond acceptors (Lipinski definition) is 0. The lowest BCUT2D eigenvalue weighted by Crippen LogP contribution is -2.72. The molecule has 0 aromatic carbocycles. The van der Waals surface area contributed by atoms with Crippen molar-refractivity contribution in [3.8, 4) is 0 Å². The predicted octanol–water partition coefficient (Wildman–Crippen LogP) is 8.25. The van der Waals surface area contributed by atoms with Crippen LogP contribution < -0.4 is 0 Å². The highest BCUT2D eigenvalue weighted by Gasteiger charge is 2.86. The van der Waals surface area contributed by atoms with Gasteiger partial charge in [0.1, 0.15) is 0 Å². The molecule has 0 aromatic heterocycles. The lowest BCUT2D eigenvalue weighted by molar-refractivity contribution is -0.277. The molecule has 0 aromatic rings. The van der Waals surface area contributed by atoms with Gasteiger partial charge in [0.05, 0.1) is 0 Å². The molecule has 0 heteroatoms. The maximum atomic E-state index is 2.87.